The van der Waals surface area contributed by atoms with Crippen LogP contribution in [0.15, 0.2) is 73.3 Å². The second kappa shape index (κ2) is 8.76. The summed E-state index contributed by atoms with van der Waals surface area (Å²) in [5, 5.41) is 6.10. The van der Waals surface area contributed by atoms with Crippen LogP contribution in [0.3, 0.4) is 0 Å². The van der Waals surface area contributed by atoms with Crippen molar-refractivity contribution in [3.63, 3.8) is 0 Å². The third kappa shape index (κ3) is 4.58. The van der Waals surface area contributed by atoms with Gasteiger partial charge in [0.1, 0.15) is 11.5 Å². The fourth-order valence-electron chi connectivity index (χ4n) is 2.68. The van der Waals surface area contributed by atoms with Gasteiger partial charge >= 0.3 is 0 Å². The van der Waals surface area contributed by atoms with Crippen LogP contribution in [0.25, 0.3) is 11.4 Å². The first-order valence-corrected chi connectivity index (χ1v) is 8.89. The van der Waals surface area contributed by atoms with E-state index in [0.717, 1.165) is 23.2 Å². The van der Waals surface area contributed by atoms with Gasteiger partial charge in [-0.3, -0.25) is 4.79 Å². The van der Waals surface area contributed by atoms with E-state index in [-0.39, 0.29) is 5.91 Å². The second-order valence-corrected chi connectivity index (χ2v) is 5.96. The molecule has 0 saturated heterocycles. The standard InChI is InChI=1S/C22H22N4O/c1-3-14-23-20-15-19(24-21(26-20)17-11-6-5-7-12-17)22(27)25-18-13-9-8-10-16(18)4-2/h3,5-13,15H,1,4,14H2,2H3,(H,25,27)(H,23,24,26). The Hall–Kier alpha value is -3.47. The Morgan fingerprint density at radius 2 is 1.81 bits per heavy atom. The number of nitrogens with zero attached hydrogens (tertiary/aromatic N) is 2. The molecule has 0 aliphatic rings. The van der Waals surface area contributed by atoms with E-state index in [1.165, 1.54) is 0 Å². The van der Waals surface area contributed by atoms with Gasteiger partial charge in [-0.15, -0.1) is 6.58 Å². The molecule has 1 aromatic heterocycles. The molecule has 136 valence electrons. The summed E-state index contributed by atoms with van der Waals surface area (Å²) in [4.78, 5) is 21.8. The highest BCUT2D eigenvalue weighted by atomic mass is 16.1. The van der Waals surface area contributed by atoms with Crippen molar-refractivity contribution in [1.29, 1.82) is 0 Å². The summed E-state index contributed by atoms with van der Waals surface area (Å²) in [6.45, 7) is 6.31. The lowest BCUT2D eigenvalue weighted by molar-refractivity contribution is 0.102. The first-order valence-electron chi connectivity index (χ1n) is 8.89. The Morgan fingerprint density at radius 3 is 2.56 bits per heavy atom. The zero-order valence-electron chi connectivity index (χ0n) is 15.3. The van der Waals surface area contributed by atoms with Gasteiger partial charge in [-0.1, -0.05) is 61.5 Å². The molecule has 0 aliphatic carbocycles. The van der Waals surface area contributed by atoms with Crippen molar-refractivity contribution >= 4 is 17.4 Å². The number of amides is 1. The smallest absolute Gasteiger partial charge is 0.274 e. The van der Waals surface area contributed by atoms with Gasteiger partial charge in [0.05, 0.1) is 0 Å². The molecule has 3 aromatic rings. The fraction of sp³-hybridized carbons (Fsp3) is 0.136. The van der Waals surface area contributed by atoms with E-state index in [2.05, 4.69) is 34.1 Å². The molecular formula is C22H22N4O. The third-order valence-corrected chi connectivity index (χ3v) is 4.06. The van der Waals surface area contributed by atoms with Crippen molar-refractivity contribution in [1.82, 2.24) is 9.97 Å². The molecule has 0 fully saturated rings. The van der Waals surface area contributed by atoms with Crippen LogP contribution in [0.5, 0.6) is 0 Å². The highest BCUT2D eigenvalue weighted by molar-refractivity contribution is 6.04. The van der Waals surface area contributed by atoms with Crippen LogP contribution in [0.4, 0.5) is 11.5 Å². The topological polar surface area (TPSA) is 66.9 Å². The number of anilines is 2. The number of carbonyl (C=O) groups is 1. The molecule has 0 saturated carbocycles. The van der Waals surface area contributed by atoms with Gasteiger partial charge in [-0.25, -0.2) is 9.97 Å². The SMILES string of the molecule is C=CCNc1cc(C(=O)Nc2ccccc2CC)nc(-c2ccccc2)n1. The summed E-state index contributed by atoms with van der Waals surface area (Å²) >= 11 is 0. The molecular weight excluding hydrogens is 336 g/mol. The van der Waals surface area contributed by atoms with Crippen molar-refractivity contribution in [2.24, 2.45) is 0 Å². The Bertz CT molecular complexity index is 938. The van der Waals surface area contributed by atoms with Crippen molar-refractivity contribution in [3.05, 3.63) is 84.6 Å². The van der Waals surface area contributed by atoms with Crippen LogP contribution in [0, 0.1) is 0 Å². The fourth-order valence-corrected chi connectivity index (χ4v) is 2.68. The largest absolute Gasteiger partial charge is 0.366 e. The molecule has 0 unspecified atom stereocenters. The minimum absolute atomic E-state index is 0.267. The lowest BCUT2D eigenvalue weighted by atomic mass is 10.1. The number of hydrogen-bond acceptors (Lipinski definition) is 4. The molecule has 0 bridgehead atoms. The van der Waals surface area contributed by atoms with E-state index >= 15 is 0 Å². The van der Waals surface area contributed by atoms with Crippen molar-refractivity contribution < 1.29 is 4.79 Å². The first-order chi connectivity index (χ1) is 13.2. The molecule has 2 N–H and O–H groups in total. The highest BCUT2D eigenvalue weighted by Crippen LogP contribution is 2.20. The van der Waals surface area contributed by atoms with Gasteiger partial charge in [-0.05, 0) is 18.1 Å². The van der Waals surface area contributed by atoms with Crippen LogP contribution in [-0.4, -0.2) is 22.4 Å². The average molecular weight is 358 g/mol. The van der Waals surface area contributed by atoms with Gasteiger partial charge in [-0.2, -0.15) is 0 Å². The van der Waals surface area contributed by atoms with E-state index in [1.807, 2.05) is 54.6 Å². The van der Waals surface area contributed by atoms with Crippen LogP contribution >= 0.6 is 0 Å². The molecule has 3 rings (SSSR count). The van der Waals surface area contributed by atoms with E-state index < -0.39 is 0 Å². The Balaban J connectivity index is 1.95. The summed E-state index contributed by atoms with van der Waals surface area (Å²) < 4.78 is 0. The molecule has 0 radical (unpaired) electrons. The normalized spacial score (nSPS) is 10.3. The first kappa shape index (κ1) is 18.3. The van der Waals surface area contributed by atoms with Crippen LogP contribution < -0.4 is 10.6 Å². The maximum absolute atomic E-state index is 12.8. The zero-order chi connectivity index (χ0) is 19.1. The van der Waals surface area contributed by atoms with E-state index in [9.17, 15) is 4.79 Å². The summed E-state index contributed by atoms with van der Waals surface area (Å²) in [5.41, 5.74) is 3.03. The highest BCUT2D eigenvalue weighted by Gasteiger charge is 2.14. The molecule has 1 heterocycles. The van der Waals surface area contributed by atoms with Crippen LogP contribution in [0.2, 0.25) is 0 Å². The van der Waals surface area contributed by atoms with E-state index in [1.54, 1.807) is 12.1 Å². The molecule has 2 aromatic carbocycles. The Morgan fingerprint density at radius 1 is 1.07 bits per heavy atom. The average Bonchev–Trinajstić information content (AvgIpc) is 2.73. The van der Waals surface area contributed by atoms with E-state index in [0.29, 0.717) is 23.9 Å². The number of carbonyl (C=O) groups excluding carboxylic acids is 1. The van der Waals surface area contributed by atoms with Gasteiger partial charge in [0.15, 0.2) is 5.82 Å². The minimum Gasteiger partial charge on any atom is -0.366 e. The quantitative estimate of drug-likeness (QED) is 0.608. The number of aromatic nitrogens is 2. The molecule has 0 atom stereocenters. The molecule has 1 amide bonds. The number of rotatable bonds is 7. The van der Waals surface area contributed by atoms with Crippen LogP contribution in [-0.2, 0) is 6.42 Å². The minimum atomic E-state index is -0.267. The predicted octanol–water partition coefficient (Wildman–Crippen LogP) is 4.56. The third-order valence-electron chi connectivity index (χ3n) is 4.06. The number of aryl methyl sites for hydroxylation is 1. The van der Waals surface area contributed by atoms with E-state index in [4.69, 9.17) is 0 Å². The summed E-state index contributed by atoms with van der Waals surface area (Å²) in [7, 11) is 0. The number of benzene rings is 2. The Kier molecular flexibility index (Phi) is 5.94. The molecule has 0 spiro atoms. The van der Waals surface area contributed by atoms with Crippen molar-refractivity contribution in [2.75, 3.05) is 17.2 Å². The van der Waals surface area contributed by atoms with Crippen LogP contribution in [0.1, 0.15) is 23.0 Å². The number of para-hydroxylation sites is 1. The van der Waals surface area contributed by atoms with Gasteiger partial charge < -0.3 is 10.6 Å². The summed E-state index contributed by atoms with van der Waals surface area (Å²) in [5.74, 6) is 0.813. The maximum Gasteiger partial charge on any atom is 0.274 e. The maximum atomic E-state index is 12.8. The molecule has 27 heavy (non-hydrogen) atoms. The monoisotopic (exact) mass is 358 g/mol. The number of nitrogens with one attached hydrogen (secondary N) is 2. The van der Waals surface area contributed by atoms with Gasteiger partial charge in [0.2, 0.25) is 0 Å². The van der Waals surface area contributed by atoms with Crippen molar-refractivity contribution in [3.8, 4) is 11.4 Å². The van der Waals surface area contributed by atoms with Gasteiger partial charge in [0.25, 0.3) is 5.91 Å². The second-order valence-electron chi connectivity index (χ2n) is 5.96. The predicted molar refractivity (Wildman–Crippen MR) is 110 cm³/mol. The summed E-state index contributed by atoms with van der Waals surface area (Å²) in [6.07, 6.45) is 2.57. The lowest BCUT2D eigenvalue weighted by Crippen LogP contribution is -2.16. The Labute approximate surface area is 159 Å². The molecule has 5 heteroatoms. The lowest BCUT2D eigenvalue weighted by Gasteiger charge is -2.11. The van der Waals surface area contributed by atoms with Crippen molar-refractivity contribution in [2.45, 2.75) is 13.3 Å². The van der Waals surface area contributed by atoms with Gasteiger partial charge in [0, 0.05) is 23.9 Å². The zero-order valence-corrected chi connectivity index (χ0v) is 15.3. The molecule has 5 nitrogen and oxygen atoms in total. The molecule has 0 aliphatic heterocycles. The summed E-state index contributed by atoms with van der Waals surface area (Å²) in [6, 6.07) is 19.0. The number of hydrogen-bond donors (Lipinski definition) is 2.